The van der Waals surface area contributed by atoms with Crippen LogP contribution in [0.3, 0.4) is 0 Å². The van der Waals surface area contributed by atoms with Gasteiger partial charge in [-0.1, -0.05) is 18.5 Å². The molecule has 0 radical (unpaired) electrons. The molecule has 7 heteroatoms. The molecule has 21 heavy (non-hydrogen) atoms. The molecule has 1 aromatic rings. The van der Waals surface area contributed by atoms with Crippen molar-refractivity contribution >= 4 is 23.2 Å². The number of aliphatic hydroxyl groups is 1. The first-order valence-electron chi connectivity index (χ1n) is 6.63. The Morgan fingerprint density at radius 3 is 3.00 bits per heavy atom. The molecule has 0 aromatic heterocycles. The Morgan fingerprint density at radius 1 is 1.57 bits per heavy atom. The zero-order valence-electron chi connectivity index (χ0n) is 11.5. The topological polar surface area (TPSA) is 70.9 Å². The van der Waals surface area contributed by atoms with Crippen LogP contribution in [0.5, 0.6) is 5.75 Å². The number of benzene rings is 1. The minimum atomic E-state index is -0.625. The van der Waals surface area contributed by atoms with Crippen molar-refractivity contribution in [1.82, 2.24) is 5.43 Å². The van der Waals surface area contributed by atoms with Gasteiger partial charge in [0.05, 0.1) is 12.3 Å². The summed E-state index contributed by atoms with van der Waals surface area (Å²) < 4.78 is 19.7. The van der Waals surface area contributed by atoms with Gasteiger partial charge < -0.3 is 9.84 Å². The third-order valence-corrected chi connectivity index (χ3v) is 3.49. The van der Waals surface area contributed by atoms with Crippen molar-refractivity contribution in [2.24, 2.45) is 11.0 Å². The van der Waals surface area contributed by atoms with Crippen LogP contribution in [-0.2, 0) is 4.79 Å². The fourth-order valence-corrected chi connectivity index (χ4v) is 2.29. The molecule has 0 spiro atoms. The van der Waals surface area contributed by atoms with Crippen LogP contribution in [0.25, 0.3) is 0 Å². The van der Waals surface area contributed by atoms with Gasteiger partial charge >= 0.3 is 0 Å². The van der Waals surface area contributed by atoms with Gasteiger partial charge in [-0.3, -0.25) is 4.79 Å². The van der Waals surface area contributed by atoms with Gasteiger partial charge in [-0.25, -0.2) is 9.82 Å². The van der Waals surface area contributed by atoms with Crippen molar-refractivity contribution in [2.45, 2.75) is 19.8 Å². The van der Waals surface area contributed by atoms with E-state index in [1.807, 2.05) is 0 Å². The molecule has 0 bridgehead atoms. The third-order valence-electron chi connectivity index (χ3n) is 3.14. The van der Waals surface area contributed by atoms with Crippen molar-refractivity contribution in [3.8, 4) is 5.75 Å². The number of rotatable bonds is 5. The van der Waals surface area contributed by atoms with Crippen LogP contribution < -0.4 is 10.2 Å². The summed E-state index contributed by atoms with van der Waals surface area (Å²) in [6.07, 6.45) is 0.695. The Hall–Kier alpha value is -1.66. The average molecular weight is 315 g/mol. The van der Waals surface area contributed by atoms with E-state index in [9.17, 15) is 9.18 Å². The summed E-state index contributed by atoms with van der Waals surface area (Å²) >= 11 is 5.97. The highest BCUT2D eigenvalue weighted by Gasteiger charge is 2.25. The predicted molar refractivity (Wildman–Crippen MR) is 77.1 cm³/mol. The van der Waals surface area contributed by atoms with Crippen molar-refractivity contribution in [2.75, 3.05) is 13.2 Å². The molecule has 1 atom stereocenters. The first kappa shape index (κ1) is 15.7. The molecule has 1 aromatic carbocycles. The number of hydrazone groups is 1. The Labute approximate surface area is 126 Å². The molecule has 0 saturated heterocycles. The highest BCUT2D eigenvalue weighted by molar-refractivity contribution is 6.32. The molecule has 1 heterocycles. The van der Waals surface area contributed by atoms with Gasteiger partial charge in [-0.2, -0.15) is 5.10 Å². The number of hydrogen-bond donors (Lipinski definition) is 2. The van der Waals surface area contributed by atoms with Crippen LogP contribution in [-0.4, -0.2) is 29.9 Å². The molecule has 1 unspecified atom stereocenters. The van der Waals surface area contributed by atoms with E-state index in [4.69, 9.17) is 21.4 Å². The number of amides is 1. The van der Waals surface area contributed by atoms with Crippen molar-refractivity contribution in [3.63, 3.8) is 0 Å². The molecule has 0 aliphatic carbocycles. The van der Waals surface area contributed by atoms with E-state index in [2.05, 4.69) is 10.5 Å². The van der Waals surface area contributed by atoms with Crippen molar-refractivity contribution in [1.29, 1.82) is 0 Å². The lowest BCUT2D eigenvalue weighted by Crippen LogP contribution is -2.32. The predicted octanol–water partition coefficient (Wildman–Crippen LogP) is 2.10. The summed E-state index contributed by atoms with van der Waals surface area (Å²) in [6.45, 7) is 2.05. The van der Waals surface area contributed by atoms with Gasteiger partial charge in [0.2, 0.25) is 5.91 Å². The monoisotopic (exact) mass is 314 g/mol. The maximum Gasteiger partial charge on any atom is 0.240 e. The van der Waals surface area contributed by atoms with Crippen LogP contribution in [0.15, 0.2) is 17.2 Å². The Bertz CT molecular complexity index is 578. The number of nitrogens with one attached hydrogen (secondary N) is 1. The lowest BCUT2D eigenvalue weighted by atomic mass is 9.94. The summed E-state index contributed by atoms with van der Waals surface area (Å²) in [4.78, 5) is 11.2. The number of carbonyl (C=O) groups excluding carboxylic acids is 1. The molecule has 1 amide bonds. The fraction of sp³-hybridized carbons (Fsp3) is 0.429. The van der Waals surface area contributed by atoms with Crippen LogP contribution in [0.4, 0.5) is 4.39 Å². The lowest BCUT2D eigenvalue weighted by Gasteiger charge is -2.20. The lowest BCUT2D eigenvalue weighted by molar-refractivity contribution is -0.121. The van der Waals surface area contributed by atoms with Crippen molar-refractivity contribution < 1.29 is 19.0 Å². The number of nitrogens with zero attached hydrogens (tertiary/aromatic N) is 1. The number of aliphatic hydroxyl groups excluding tert-OH is 1. The van der Waals surface area contributed by atoms with E-state index < -0.39 is 5.82 Å². The minimum absolute atomic E-state index is 0.00773. The maximum atomic E-state index is 14.4. The van der Waals surface area contributed by atoms with Gasteiger partial charge in [-0.15, -0.1) is 0 Å². The molecule has 1 aliphatic rings. The van der Waals surface area contributed by atoms with E-state index in [0.717, 1.165) is 0 Å². The summed E-state index contributed by atoms with van der Waals surface area (Å²) in [5, 5.41) is 12.5. The quantitative estimate of drug-likeness (QED) is 0.818. The largest absolute Gasteiger partial charge is 0.492 e. The second kappa shape index (κ2) is 6.87. The number of halogens is 2. The highest BCUT2D eigenvalue weighted by Crippen LogP contribution is 2.31. The standard InChI is InChI=1S/C14H16ClFN2O3/c1-8-7-11(20)17-18-14(8)9-3-4-10(12(15)13(9)16)21-6-2-5-19/h3-4,8,19H,2,5-7H2,1H3,(H,17,20). The number of hydrogen-bond acceptors (Lipinski definition) is 4. The van der Waals surface area contributed by atoms with E-state index in [1.54, 1.807) is 13.0 Å². The van der Waals surface area contributed by atoms with Gasteiger partial charge in [0.15, 0.2) is 5.82 Å². The van der Waals surface area contributed by atoms with Crippen LogP contribution in [0.2, 0.25) is 5.02 Å². The summed E-state index contributed by atoms with van der Waals surface area (Å²) in [7, 11) is 0. The molecular formula is C14H16ClFN2O3. The SMILES string of the molecule is CC1CC(=O)NN=C1c1ccc(OCCCO)c(Cl)c1F. The summed E-state index contributed by atoms with van der Waals surface area (Å²) in [5.74, 6) is -0.786. The van der Waals surface area contributed by atoms with E-state index in [1.165, 1.54) is 6.07 Å². The normalized spacial score (nSPS) is 18.2. The Kier molecular flexibility index (Phi) is 5.14. The van der Waals surface area contributed by atoms with Crippen LogP contribution >= 0.6 is 11.6 Å². The molecule has 0 saturated carbocycles. The molecule has 1 aliphatic heterocycles. The van der Waals surface area contributed by atoms with Gasteiger partial charge in [0.1, 0.15) is 10.8 Å². The van der Waals surface area contributed by atoms with E-state index in [-0.39, 0.29) is 47.8 Å². The third kappa shape index (κ3) is 3.51. The van der Waals surface area contributed by atoms with E-state index in [0.29, 0.717) is 12.1 Å². The molecule has 5 nitrogen and oxygen atoms in total. The molecule has 2 rings (SSSR count). The Balaban J connectivity index is 2.26. The smallest absolute Gasteiger partial charge is 0.240 e. The second-order valence-corrected chi connectivity index (χ2v) is 5.18. The fourth-order valence-electron chi connectivity index (χ4n) is 2.07. The maximum absolute atomic E-state index is 14.4. The summed E-state index contributed by atoms with van der Waals surface area (Å²) in [6, 6.07) is 3.09. The second-order valence-electron chi connectivity index (χ2n) is 4.80. The zero-order valence-corrected chi connectivity index (χ0v) is 12.3. The van der Waals surface area contributed by atoms with E-state index >= 15 is 0 Å². The first-order chi connectivity index (χ1) is 10.0. The van der Waals surface area contributed by atoms with Crippen LogP contribution in [0.1, 0.15) is 25.3 Å². The molecule has 2 N–H and O–H groups in total. The van der Waals surface area contributed by atoms with Gasteiger partial charge in [0, 0.05) is 30.9 Å². The Morgan fingerprint density at radius 2 is 2.33 bits per heavy atom. The first-order valence-corrected chi connectivity index (χ1v) is 7.00. The summed E-state index contributed by atoms with van der Waals surface area (Å²) in [5.41, 5.74) is 3.05. The number of carbonyl (C=O) groups is 1. The highest BCUT2D eigenvalue weighted by atomic mass is 35.5. The van der Waals surface area contributed by atoms with Crippen LogP contribution in [0, 0.1) is 11.7 Å². The zero-order chi connectivity index (χ0) is 15.4. The van der Waals surface area contributed by atoms with Gasteiger partial charge in [-0.05, 0) is 12.1 Å². The van der Waals surface area contributed by atoms with Gasteiger partial charge in [0.25, 0.3) is 0 Å². The number of ether oxygens (including phenoxy) is 1. The van der Waals surface area contributed by atoms with Crippen molar-refractivity contribution in [3.05, 3.63) is 28.5 Å². The molecular weight excluding hydrogens is 299 g/mol. The minimum Gasteiger partial charge on any atom is -0.492 e. The molecule has 0 fully saturated rings. The average Bonchev–Trinajstić information content (AvgIpc) is 2.45. The molecule has 114 valence electrons.